The second-order valence-electron chi connectivity index (χ2n) is 8.12. The Hall–Kier alpha value is -2.29. The van der Waals surface area contributed by atoms with Crippen LogP contribution in [0.4, 0.5) is 5.69 Å². The summed E-state index contributed by atoms with van der Waals surface area (Å²) in [5, 5.41) is 0.337. The van der Waals surface area contributed by atoms with Crippen molar-refractivity contribution in [2.45, 2.75) is 17.7 Å². The Balaban J connectivity index is 1.35. The number of para-hydroxylation sites is 1. The van der Waals surface area contributed by atoms with E-state index in [0.717, 1.165) is 13.1 Å². The number of piperidine rings is 1. The number of carbonyl (C=O) groups is 1. The summed E-state index contributed by atoms with van der Waals surface area (Å²) < 4.78 is 33.0. The number of amides is 1. The standard InChI is InChI=1S/C23H28ClN3O4S/c1-31-21-8-7-19(24)17-22(21)32(29,30)27-11-9-18(10-12-27)23(28)26-15-13-25(14-16-26)20-5-3-2-4-6-20/h2-8,17-18H,9-16H2,1H3. The SMILES string of the molecule is COc1ccc(Cl)cc1S(=O)(=O)N1CCC(C(=O)N2CCN(c3ccccc3)CC2)CC1. The van der Waals surface area contributed by atoms with Crippen LogP contribution in [0.15, 0.2) is 53.4 Å². The molecule has 2 aromatic rings. The third-order valence-electron chi connectivity index (χ3n) is 6.26. The molecule has 2 aromatic carbocycles. The fourth-order valence-corrected chi connectivity index (χ4v) is 6.30. The fourth-order valence-electron chi connectivity index (χ4n) is 4.42. The zero-order valence-electron chi connectivity index (χ0n) is 18.1. The molecule has 0 aromatic heterocycles. The van der Waals surface area contributed by atoms with Gasteiger partial charge in [-0.25, -0.2) is 8.42 Å². The Morgan fingerprint density at radius 1 is 0.969 bits per heavy atom. The van der Waals surface area contributed by atoms with Crippen LogP contribution in [0, 0.1) is 5.92 Å². The molecule has 0 unspecified atom stereocenters. The van der Waals surface area contributed by atoms with E-state index in [-0.39, 0.29) is 22.5 Å². The lowest BCUT2D eigenvalue weighted by molar-refractivity contribution is -0.137. The highest BCUT2D eigenvalue weighted by molar-refractivity contribution is 7.89. The molecule has 0 atom stereocenters. The molecule has 0 aliphatic carbocycles. The second-order valence-corrected chi connectivity index (χ2v) is 10.5. The van der Waals surface area contributed by atoms with Crippen LogP contribution >= 0.6 is 11.6 Å². The van der Waals surface area contributed by atoms with Gasteiger partial charge in [0.25, 0.3) is 0 Å². The molecule has 0 spiro atoms. The first-order valence-electron chi connectivity index (χ1n) is 10.8. The molecule has 0 bridgehead atoms. The number of ether oxygens (including phenoxy) is 1. The summed E-state index contributed by atoms with van der Waals surface area (Å²) in [5.74, 6) is 0.255. The third kappa shape index (κ3) is 4.72. The molecule has 2 aliphatic rings. The quantitative estimate of drug-likeness (QED) is 0.661. The van der Waals surface area contributed by atoms with Gasteiger partial charge in [0.05, 0.1) is 7.11 Å². The molecule has 0 N–H and O–H groups in total. The van der Waals surface area contributed by atoms with Crippen molar-refractivity contribution in [2.24, 2.45) is 5.92 Å². The van der Waals surface area contributed by atoms with Crippen LogP contribution in [0.25, 0.3) is 0 Å². The topological polar surface area (TPSA) is 70.2 Å². The lowest BCUT2D eigenvalue weighted by Gasteiger charge is -2.39. The molecule has 1 amide bonds. The number of rotatable bonds is 5. The van der Waals surface area contributed by atoms with Gasteiger partial charge in [-0.3, -0.25) is 4.79 Å². The van der Waals surface area contributed by atoms with E-state index in [4.69, 9.17) is 16.3 Å². The molecule has 7 nitrogen and oxygen atoms in total. The number of hydrogen-bond donors (Lipinski definition) is 0. The van der Waals surface area contributed by atoms with Crippen LogP contribution in [0.5, 0.6) is 5.75 Å². The highest BCUT2D eigenvalue weighted by Crippen LogP contribution is 2.32. The zero-order chi connectivity index (χ0) is 22.7. The molecular formula is C23H28ClN3O4S. The van der Waals surface area contributed by atoms with Crippen molar-refractivity contribution in [1.29, 1.82) is 0 Å². The summed E-state index contributed by atoms with van der Waals surface area (Å²) in [6, 6.07) is 14.8. The van der Waals surface area contributed by atoms with Gasteiger partial charge < -0.3 is 14.5 Å². The van der Waals surface area contributed by atoms with Gasteiger partial charge in [0.15, 0.2) is 0 Å². The Morgan fingerprint density at radius 3 is 2.25 bits per heavy atom. The number of sulfonamides is 1. The van der Waals surface area contributed by atoms with Crippen molar-refractivity contribution in [3.8, 4) is 5.75 Å². The molecular weight excluding hydrogens is 450 g/mol. The van der Waals surface area contributed by atoms with Gasteiger partial charge in [-0.15, -0.1) is 0 Å². The molecule has 2 aliphatic heterocycles. The predicted molar refractivity (Wildman–Crippen MR) is 125 cm³/mol. The van der Waals surface area contributed by atoms with E-state index in [1.165, 1.54) is 23.2 Å². The highest BCUT2D eigenvalue weighted by Gasteiger charge is 2.35. The minimum Gasteiger partial charge on any atom is -0.495 e. The van der Waals surface area contributed by atoms with Crippen LogP contribution in [-0.2, 0) is 14.8 Å². The second kappa shape index (κ2) is 9.68. The van der Waals surface area contributed by atoms with Gasteiger partial charge in [-0.1, -0.05) is 29.8 Å². The Morgan fingerprint density at radius 2 is 1.62 bits per heavy atom. The summed E-state index contributed by atoms with van der Waals surface area (Å²) in [4.78, 5) is 17.3. The van der Waals surface area contributed by atoms with Gasteiger partial charge in [0, 0.05) is 55.9 Å². The summed E-state index contributed by atoms with van der Waals surface area (Å²) in [5.41, 5.74) is 1.18. The molecule has 172 valence electrons. The van der Waals surface area contributed by atoms with E-state index in [1.807, 2.05) is 23.1 Å². The normalized spacial score (nSPS) is 18.6. The minimum atomic E-state index is -3.75. The number of methoxy groups -OCH3 is 1. The van der Waals surface area contributed by atoms with Gasteiger partial charge in [-0.2, -0.15) is 4.31 Å². The number of carbonyl (C=O) groups excluding carboxylic acids is 1. The van der Waals surface area contributed by atoms with E-state index in [2.05, 4.69) is 17.0 Å². The molecule has 0 saturated carbocycles. The van der Waals surface area contributed by atoms with Crippen molar-refractivity contribution in [2.75, 3.05) is 51.3 Å². The predicted octanol–water partition coefficient (Wildman–Crippen LogP) is 3.10. The largest absolute Gasteiger partial charge is 0.495 e. The Kier molecular flexibility index (Phi) is 6.93. The Bertz CT molecular complexity index is 1050. The lowest BCUT2D eigenvalue weighted by Crippen LogP contribution is -2.52. The van der Waals surface area contributed by atoms with Crippen molar-refractivity contribution in [3.05, 3.63) is 53.6 Å². The van der Waals surface area contributed by atoms with Crippen molar-refractivity contribution < 1.29 is 17.9 Å². The average molecular weight is 478 g/mol. The van der Waals surface area contributed by atoms with E-state index >= 15 is 0 Å². The summed E-state index contributed by atoms with van der Waals surface area (Å²) >= 11 is 6.03. The van der Waals surface area contributed by atoms with E-state index in [1.54, 1.807) is 12.1 Å². The summed E-state index contributed by atoms with van der Waals surface area (Å²) in [6.07, 6.45) is 1.03. The summed E-state index contributed by atoms with van der Waals surface area (Å²) in [6.45, 7) is 3.59. The number of nitrogens with zero attached hydrogens (tertiary/aromatic N) is 3. The molecule has 2 heterocycles. The molecule has 4 rings (SSSR count). The van der Waals surface area contributed by atoms with Gasteiger partial charge >= 0.3 is 0 Å². The maximum atomic E-state index is 13.2. The van der Waals surface area contributed by atoms with Crippen LogP contribution in [0.3, 0.4) is 0 Å². The van der Waals surface area contributed by atoms with E-state index < -0.39 is 10.0 Å². The minimum absolute atomic E-state index is 0.0642. The number of benzene rings is 2. The molecule has 32 heavy (non-hydrogen) atoms. The number of hydrogen-bond acceptors (Lipinski definition) is 5. The van der Waals surface area contributed by atoms with Crippen molar-refractivity contribution >= 4 is 33.2 Å². The van der Waals surface area contributed by atoms with Gasteiger partial charge in [-0.05, 0) is 43.2 Å². The number of anilines is 1. The van der Waals surface area contributed by atoms with Crippen molar-refractivity contribution in [3.63, 3.8) is 0 Å². The molecule has 0 radical (unpaired) electrons. The van der Waals surface area contributed by atoms with Crippen LogP contribution < -0.4 is 9.64 Å². The number of piperazine rings is 1. The maximum Gasteiger partial charge on any atom is 0.246 e. The maximum absolute atomic E-state index is 13.2. The first kappa shape index (κ1) is 22.9. The van der Waals surface area contributed by atoms with Crippen LogP contribution in [0.2, 0.25) is 5.02 Å². The van der Waals surface area contributed by atoms with Crippen LogP contribution in [0.1, 0.15) is 12.8 Å². The smallest absolute Gasteiger partial charge is 0.246 e. The molecule has 2 fully saturated rings. The lowest BCUT2D eigenvalue weighted by atomic mass is 9.96. The van der Waals surface area contributed by atoms with Crippen LogP contribution in [-0.4, -0.2) is 69.9 Å². The third-order valence-corrected chi connectivity index (χ3v) is 8.41. The van der Waals surface area contributed by atoms with E-state index in [0.29, 0.717) is 44.0 Å². The molecule has 9 heteroatoms. The first-order chi connectivity index (χ1) is 15.4. The highest BCUT2D eigenvalue weighted by atomic mass is 35.5. The van der Waals surface area contributed by atoms with Gasteiger partial charge in [0.2, 0.25) is 15.9 Å². The van der Waals surface area contributed by atoms with E-state index in [9.17, 15) is 13.2 Å². The number of halogens is 1. The first-order valence-corrected chi connectivity index (χ1v) is 12.6. The zero-order valence-corrected chi connectivity index (χ0v) is 19.7. The molecule has 2 saturated heterocycles. The fraction of sp³-hybridized carbons (Fsp3) is 0.435. The van der Waals surface area contributed by atoms with Crippen molar-refractivity contribution in [1.82, 2.24) is 9.21 Å². The monoisotopic (exact) mass is 477 g/mol. The Labute approximate surface area is 194 Å². The summed E-state index contributed by atoms with van der Waals surface area (Å²) in [7, 11) is -2.31. The average Bonchev–Trinajstić information content (AvgIpc) is 2.84. The van der Waals surface area contributed by atoms with Gasteiger partial charge in [0.1, 0.15) is 10.6 Å².